The molecule has 0 aliphatic heterocycles. The van der Waals surface area contributed by atoms with Crippen LogP contribution in [-0.4, -0.2) is 35.3 Å². The Balaban J connectivity index is 2.10. The van der Waals surface area contributed by atoms with Crippen LogP contribution < -0.4 is 0 Å². The molecule has 0 amide bonds. The average Bonchev–Trinajstić information content (AvgIpc) is 2.76. The maximum absolute atomic E-state index is 4.38. The summed E-state index contributed by atoms with van der Waals surface area (Å²) in [6.45, 7) is 4.04. The second-order valence-corrected chi connectivity index (χ2v) is 4.66. The molecule has 1 aromatic carbocycles. The molecular weight excluding hydrogens is 210 g/mol. The molecule has 0 aliphatic carbocycles. The van der Waals surface area contributed by atoms with Crippen LogP contribution in [0.4, 0.5) is 0 Å². The topological polar surface area (TPSA) is 21.1 Å². The summed E-state index contributed by atoms with van der Waals surface area (Å²) >= 11 is 0. The van der Waals surface area contributed by atoms with Crippen molar-refractivity contribution in [3.05, 3.63) is 42.2 Å². The zero-order valence-electron chi connectivity index (χ0n) is 10.7. The van der Waals surface area contributed by atoms with Crippen LogP contribution in [0, 0.1) is 6.92 Å². The Hall–Kier alpha value is -1.61. The molecule has 1 aromatic heterocycles. The number of hydrogen-bond acceptors (Lipinski definition) is 2. The third-order valence-corrected chi connectivity index (χ3v) is 2.79. The molecule has 3 heteroatoms. The Morgan fingerprint density at radius 2 is 1.82 bits per heavy atom. The predicted octanol–water partition coefficient (Wildman–Crippen LogP) is 2.42. The van der Waals surface area contributed by atoms with Crippen molar-refractivity contribution in [2.75, 3.05) is 20.6 Å². The smallest absolute Gasteiger partial charge is 0.0568 e. The van der Waals surface area contributed by atoms with E-state index in [1.165, 1.54) is 16.7 Å². The molecule has 0 unspecified atom stereocenters. The van der Waals surface area contributed by atoms with Crippen molar-refractivity contribution in [2.24, 2.45) is 0 Å². The molecule has 90 valence electrons. The third-order valence-electron chi connectivity index (χ3n) is 2.79. The van der Waals surface area contributed by atoms with Gasteiger partial charge in [-0.2, -0.15) is 5.10 Å². The first-order chi connectivity index (χ1) is 8.15. The Morgan fingerprint density at radius 1 is 1.12 bits per heavy atom. The normalized spacial score (nSPS) is 11.1. The summed E-state index contributed by atoms with van der Waals surface area (Å²) in [5, 5.41) is 4.38. The highest BCUT2D eigenvalue weighted by atomic mass is 15.3. The Kier molecular flexibility index (Phi) is 3.59. The van der Waals surface area contributed by atoms with Gasteiger partial charge in [-0.05, 0) is 26.6 Å². The lowest BCUT2D eigenvalue weighted by Gasteiger charge is -2.08. The van der Waals surface area contributed by atoms with Gasteiger partial charge in [0, 0.05) is 18.3 Å². The van der Waals surface area contributed by atoms with E-state index in [0.717, 1.165) is 13.1 Å². The van der Waals surface area contributed by atoms with Gasteiger partial charge in [-0.1, -0.05) is 29.8 Å². The summed E-state index contributed by atoms with van der Waals surface area (Å²) in [6, 6.07) is 8.55. The van der Waals surface area contributed by atoms with E-state index in [0.29, 0.717) is 0 Å². The minimum absolute atomic E-state index is 0.929. The molecule has 0 aliphatic rings. The second-order valence-electron chi connectivity index (χ2n) is 4.66. The third kappa shape index (κ3) is 3.17. The zero-order valence-corrected chi connectivity index (χ0v) is 10.7. The fraction of sp³-hybridized carbons (Fsp3) is 0.357. The van der Waals surface area contributed by atoms with E-state index >= 15 is 0 Å². The maximum Gasteiger partial charge on any atom is 0.0568 e. The fourth-order valence-corrected chi connectivity index (χ4v) is 1.68. The van der Waals surface area contributed by atoms with Gasteiger partial charge in [0.05, 0.1) is 12.7 Å². The highest BCUT2D eigenvalue weighted by Crippen LogP contribution is 2.18. The molecule has 3 nitrogen and oxygen atoms in total. The minimum Gasteiger partial charge on any atom is -0.308 e. The zero-order chi connectivity index (χ0) is 12.3. The van der Waals surface area contributed by atoms with E-state index < -0.39 is 0 Å². The molecule has 17 heavy (non-hydrogen) atoms. The predicted molar refractivity (Wildman–Crippen MR) is 71.0 cm³/mol. The number of hydrogen-bond donors (Lipinski definition) is 0. The van der Waals surface area contributed by atoms with Gasteiger partial charge in [0.1, 0.15) is 0 Å². The van der Waals surface area contributed by atoms with Crippen molar-refractivity contribution in [3.63, 3.8) is 0 Å². The van der Waals surface area contributed by atoms with E-state index in [9.17, 15) is 0 Å². The highest BCUT2D eigenvalue weighted by Gasteiger charge is 2.01. The SMILES string of the molecule is Cc1ccc(-c2cnn(CCN(C)C)c2)cc1. The monoisotopic (exact) mass is 229 g/mol. The molecule has 1 heterocycles. The number of likely N-dealkylation sites (N-methyl/N-ethyl adjacent to an activating group) is 1. The maximum atomic E-state index is 4.38. The lowest BCUT2D eigenvalue weighted by molar-refractivity contribution is 0.373. The van der Waals surface area contributed by atoms with Crippen molar-refractivity contribution >= 4 is 0 Å². The van der Waals surface area contributed by atoms with E-state index in [2.05, 4.69) is 61.5 Å². The Morgan fingerprint density at radius 3 is 2.47 bits per heavy atom. The molecule has 0 bridgehead atoms. The standard InChI is InChI=1S/C14H19N3/c1-12-4-6-13(7-5-12)14-10-15-17(11-14)9-8-16(2)3/h4-7,10-11H,8-9H2,1-3H3. The van der Waals surface area contributed by atoms with Crippen LogP contribution in [0.25, 0.3) is 11.1 Å². The van der Waals surface area contributed by atoms with Gasteiger partial charge in [-0.3, -0.25) is 4.68 Å². The first kappa shape index (κ1) is 11.9. The van der Waals surface area contributed by atoms with Crippen molar-refractivity contribution in [2.45, 2.75) is 13.5 Å². The van der Waals surface area contributed by atoms with Gasteiger partial charge in [0.25, 0.3) is 0 Å². The van der Waals surface area contributed by atoms with Gasteiger partial charge >= 0.3 is 0 Å². The molecule has 0 spiro atoms. The van der Waals surface area contributed by atoms with Crippen molar-refractivity contribution in [3.8, 4) is 11.1 Å². The summed E-state index contributed by atoms with van der Waals surface area (Å²) in [6.07, 6.45) is 4.04. The van der Waals surface area contributed by atoms with Crippen LogP contribution in [-0.2, 0) is 6.54 Å². The lowest BCUT2D eigenvalue weighted by atomic mass is 10.1. The molecule has 0 atom stereocenters. The summed E-state index contributed by atoms with van der Waals surface area (Å²) < 4.78 is 2.00. The highest BCUT2D eigenvalue weighted by molar-refractivity contribution is 5.61. The number of nitrogens with zero attached hydrogens (tertiary/aromatic N) is 3. The van der Waals surface area contributed by atoms with E-state index in [1.807, 2.05) is 10.9 Å². The molecule has 0 N–H and O–H groups in total. The Bertz CT molecular complexity index is 468. The number of benzene rings is 1. The summed E-state index contributed by atoms with van der Waals surface area (Å²) in [5.41, 5.74) is 3.70. The quantitative estimate of drug-likeness (QED) is 0.803. The Labute approximate surface area is 103 Å². The molecule has 2 rings (SSSR count). The van der Waals surface area contributed by atoms with Crippen LogP contribution in [0.3, 0.4) is 0 Å². The van der Waals surface area contributed by atoms with Gasteiger partial charge < -0.3 is 4.90 Å². The lowest BCUT2D eigenvalue weighted by Crippen LogP contribution is -2.18. The summed E-state index contributed by atoms with van der Waals surface area (Å²) in [7, 11) is 4.15. The van der Waals surface area contributed by atoms with Crippen LogP contribution in [0.2, 0.25) is 0 Å². The van der Waals surface area contributed by atoms with Crippen molar-refractivity contribution < 1.29 is 0 Å². The molecular formula is C14H19N3. The number of aryl methyl sites for hydroxylation is 1. The van der Waals surface area contributed by atoms with Gasteiger partial charge in [0.15, 0.2) is 0 Å². The molecule has 0 saturated heterocycles. The van der Waals surface area contributed by atoms with Gasteiger partial charge in [-0.15, -0.1) is 0 Å². The minimum atomic E-state index is 0.929. The van der Waals surface area contributed by atoms with Gasteiger partial charge in [0.2, 0.25) is 0 Å². The summed E-state index contributed by atoms with van der Waals surface area (Å²) in [4.78, 5) is 2.16. The van der Waals surface area contributed by atoms with E-state index in [-0.39, 0.29) is 0 Å². The van der Waals surface area contributed by atoms with Crippen LogP contribution in [0.1, 0.15) is 5.56 Å². The van der Waals surface area contributed by atoms with Gasteiger partial charge in [-0.25, -0.2) is 0 Å². The summed E-state index contributed by atoms with van der Waals surface area (Å²) in [5.74, 6) is 0. The fourth-order valence-electron chi connectivity index (χ4n) is 1.68. The average molecular weight is 229 g/mol. The van der Waals surface area contributed by atoms with Crippen LogP contribution in [0.5, 0.6) is 0 Å². The van der Waals surface area contributed by atoms with Crippen LogP contribution >= 0.6 is 0 Å². The second kappa shape index (κ2) is 5.15. The number of rotatable bonds is 4. The molecule has 0 fully saturated rings. The van der Waals surface area contributed by atoms with Crippen LogP contribution in [0.15, 0.2) is 36.7 Å². The molecule has 0 saturated carbocycles. The first-order valence-electron chi connectivity index (χ1n) is 5.89. The largest absolute Gasteiger partial charge is 0.308 e. The first-order valence-corrected chi connectivity index (χ1v) is 5.89. The van der Waals surface area contributed by atoms with Crippen molar-refractivity contribution in [1.82, 2.24) is 14.7 Å². The number of aromatic nitrogens is 2. The molecule has 2 aromatic rings. The van der Waals surface area contributed by atoms with E-state index in [4.69, 9.17) is 0 Å². The molecule has 0 radical (unpaired) electrons. The van der Waals surface area contributed by atoms with Crippen molar-refractivity contribution in [1.29, 1.82) is 0 Å². The van der Waals surface area contributed by atoms with E-state index in [1.54, 1.807) is 0 Å².